The molecular weight excluding hydrogens is 393 g/mol. The third kappa shape index (κ3) is 5.08. The fraction of sp³-hybridized carbons (Fsp3) is 0.684. The number of aromatic nitrogens is 1. The highest BCUT2D eigenvalue weighted by Crippen LogP contribution is 2.34. The molecule has 9 heteroatoms. The minimum absolute atomic E-state index is 0.0117. The highest BCUT2D eigenvalue weighted by molar-refractivity contribution is 6.33. The number of alkyl halides is 3. The van der Waals surface area contributed by atoms with Crippen LogP contribution in [0.3, 0.4) is 0 Å². The third-order valence-corrected chi connectivity index (χ3v) is 5.90. The number of halogens is 4. The smallest absolute Gasteiger partial charge is 0.355 e. The topological polar surface area (TPSA) is 39.7 Å². The summed E-state index contributed by atoms with van der Waals surface area (Å²) in [6, 6.07) is 0.910. The summed E-state index contributed by atoms with van der Waals surface area (Å²) in [4.78, 5) is 22.7. The van der Waals surface area contributed by atoms with Crippen molar-refractivity contribution in [2.45, 2.75) is 31.9 Å². The maximum Gasteiger partial charge on any atom is 0.417 e. The zero-order valence-electron chi connectivity index (χ0n) is 16.0. The van der Waals surface area contributed by atoms with Gasteiger partial charge in [0.1, 0.15) is 5.82 Å². The molecular formula is C19H26ClF3N4O. The first-order valence-electron chi connectivity index (χ1n) is 9.70. The summed E-state index contributed by atoms with van der Waals surface area (Å²) in [5, 5.41) is -0.0117. The van der Waals surface area contributed by atoms with Crippen LogP contribution in [0.4, 0.5) is 19.0 Å². The van der Waals surface area contributed by atoms with Gasteiger partial charge >= 0.3 is 6.18 Å². The minimum Gasteiger partial charge on any atom is -0.355 e. The summed E-state index contributed by atoms with van der Waals surface area (Å²) >= 11 is 6.04. The van der Waals surface area contributed by atoms with E-state index in [9.17, 15) is 18.0 Å². The Hall–Kier alpha value is -1.54. The van der Waals surface area contributed by atoms with Crippen molar-refractivity contribution in [2.75, 3.05) is 51.2 Å². The number of carbonyl (C=O) groups excluding carboxylic acids is 1. The first kappa shape index (κ1) is 21.2. The van der Waals surface area contributed by atoms with Crippen LogP contribution in [0.15, 0.2) is 12.3 Å². The van der Waals surface area contributed by atoms with Crippen LogP contribution in [-0.2, 0) is 11.0 Å². The van der Waals surface area contributed by atoms with E-state index >= 15 is 0 Å². The van der Waals surface area contributed by atoms with Crippen LogP contribution < -0.4 is 4.90 Å². The molecule has 0 N–H and O–H groups in total. The third-order valence-electron chi connectivity index (χ3n) is 5.62. The zero-order valence-corrected chi connectivity index (χ0v) is 16.8. The fourth-order valence-electron chi connectivity index (χ4n) is 3.88. The summed E-state index contributed by atoms with van der Waals surface area (Å²) in [5.74, 6) is 0.432. The highest BCUT2D eigenvalue weighted by Gasteiger charge is 2.33. The predicted octanol–water partition coefficient (Wildman–Crippen LogP) is 3.52. The number of carbonyl (C=O) groups is 1. The van der Waals surface area contributed by atoms with Crippen molar-refractivity contribution in [1.82, 2.24) is 14.8 Å². The van der Waals surface area contributed by atoms with E-state index < -0.39 is 11.7 Å². The zero-order chi connectivity index (χ0) is 20.3. The Bertz CT molecular complexity index is 686. The van der Waals surface area contributed by atoms with Gasteiger partial charge in [-0.25, -0.2) is 4.98 Å². The van der Waals surface area contributed by atoms with Crippen molar-refractivity contribution >= 4 is 23.3 Å². The summed E-state index contributed by atoms with van der Waals surface area (Å²) in [7, 11) is 1.85. The maximum absolute atomic E-state index is 12.8. The van der Waals surface area contributed by atoms with Gasteiger partial charge in [-0.05, 0) is 44.8 Å². The van der Waals surface area contributed by atoms with Crippen molar-refractivity contribution in [3.63, 3.8) is 0 Å². The van der Waals surface area contributed by atoms with Crippen LogP contribution in [0, 0.1) is 5.92 Å². The lowest BCUT2D eigenvalue weighted by molar-refractivity contribution is -0.138. The van der Waals surface area contributed by atoms with E-state index in [4.69, 9.17) is 11.6 Å². The van der Waals surface area contributed by atoms with Crippen molar-refractivity contribution in [2.24, 2.45) is 5.92 Å². The van der Waals surface area contributed by atoms with Crippen LogP contribution in [0.25, 0.3) is 0 Å². The van der Waals surface area contributed by atoms with Crippen molar-refractivity contribution in [3.05, 3.63) is 22.8 Å². The van der Waals surface area contributed by atoms with Gasteiger partial charge in [-0.2, -0.15) is 13.2 Å². The molecule has 5 nitrogen and oxygen atoms in total. The molecule has 1 aromatic rings. The monoisotopic (exact) mass is 418 g/mol. The van der Waals surface area contributed by atoms with Crippen LogP contribution in [-0.4, -0.2) is 67.0 Å². The molecule has 0 aliphatic carbocycles. The number of rotatable bonds is 5. The molecule has 3 heterocycles. The Morgan fingerprint density at radius 2 is 1.89 bits per heavy atom. The van der Waals surface area contributed by atoms with Crippen LogP contribution >= 0.6 is 11.6 Å². The van der Waals surface area contributed by atoms with Crippen LogP contribution in [0.2, 0.25) is 5.02 Å². The lowest BCUT2D eigenvalue weighted by Crippen LogP contribution is -2.43. The van der Waals surface area contributed by atoms with Gasteiger partial charge in [-0.1, -0.05) is 11.6 Å². The van der Waals surface area contributed by atoms with Gasteiger partial charge in [0.15, 0.2) is 0 Å². The van der Waals surface area contributed by atoms with Gasteiger partial charge < -0.3 is 14.7 Å². The molecule has 0 unspecified atom stereocenters. The Morgan fingerprint density at radius 3 is 2.46 bits per heavy atom. The van der Waals surface area contributed by atoms with Crippen LogP contribution in [0.1, 0.15) is 31.2 Å². The summed E-state index contributed by atoms with van der Waals surface area (Å²) in [6.45, 7) is 4.96. The van der Waals surface area contributed by atoms with E-state index in [2.05, 4.69) is 9.88 Å². The van der Waals surface area contributed by atoms with Crippen molar-refractivity contribution in [3.8, 4) is 0 Å². The van der Waals surface area contributed by atoms with E-state index in [0.717, 1.165) is 38.4 Å². The Morgan fingerprint density at radius 1 is 1.25 bits per heavy atom. The Labute approximate surface area is 168 Å². The minimum atomic E-state index is -4.46. The SMILES string of the molecule is CN(CCN1CCCC1)C(=O)C1CCN(c2ncc(C(F)(F)F)cc2Cl)CC1. The second-order valence-electron chi connectivity index (χ2n) is 7.60. The number of likely N-dealkylation sites (tertiary alicyclic amines) is 1. The first-order valence-corrected chi connectivity index (χ1v) is 10.1. The Balaban J connectivity index is 1.51. The summed E-state index contributed by atoms with van der Waals surface area (Å²) < 4.78 is 38.3. The predicted molar refractivity (Wildman–Crippen MR) is 102 cm³/mol. The number of amides is 1. The maximum atomic E-state index is 12.8. The van der Waals surface area contributed by atoms with Crippen molar-refractivity contribution in [1.29, 1.82) is 0 Å². The lowest BCUT2D eigenvalue weighted by atomic mass is 9.95. The molecule has 1 aromatic heterocycles. The normalized spacial score (nSPS) is 19.2. The number of nitrogens with zero attached hydrogens (tertiary/aromatic N) is 4. The molecule has 28 heavy (non-hydrogen) atoms. The van der Waals surface area contributed by atoms with E-state index in [1.54, 1.807) is 0 Å². The van der Waals surface area contributed by atoms with E-state index in [-0.39, 0.29) is 16.8 Å². The lowest BCUT2D eigenvalue weighted by Gasteiger charge is -2.34. The van der Waals surface area contributed by atoms with Gasteiger partial charge in [-0.15, -0.1) is 0 Å². The first-order chi connectivity index (χ1) is 13.3. The molecule has 2 saturated heterocycles. The molecule has 0 bridgehead atoms. The number of piperidine rings is 1. The van der Waals surface area contributed by atoms with Crippen LogP contribution in [0.5, 0.6) is 0 Å². The highest BCUT2D eigenvalue weighted by atomic mass is 35.5. The van der Waals surface area contributed by atoms with E-state index in [0.29, 0.717) is 31.7 Å². The largest absolute Gasteiger partial charge is 0.417 e. The summed E-state index contributed by atoms with van der Waals surface area (Å²) in [6.07, 6.45) is 0.101. The molecule has 2 aliphatic heterocycles. The second kappa shape index (κ2) is 8.86. The van der Waals surface area contributed by atoms with Gasteiger partial charge in [-0.3, -0.25) is 4.79 Å². The molecule has 0 atom stereocenters. The number of likely N-dealkylation sites (N-methyl/N-ethyl adjacent to an activating group) is 1. The molecule has 2 fully saturated rings. The molecule has 1 amide bonds. The second-order valence-corrected chi connectivity index (χ2v) is 8.00. The molecule has 156 valence electrons. The molecule has 0 aromatic carbocycles. The molecule has 0 saturated carbocycles. The fourth-order valence-corrected chi connectivity index (χ4v) is 4.16. The van der Waals surface area contributed by atoms with E-state index in [1.807, 2.05) is 16.8 Å². The molecule has 3 rings (SSSR count). The molecule has 2 aliphatic rings. The number of anilines is 1. The average Bonchev–Trinajstić information content (AvgIpc) is 3.18. The van der Waals surface area contributed by atoms with Crippen molar-refractivity contribution < 1.29 is 18.0 Å². The molecule has 0 spiro atoms. The van der Waals surface area contributed by atoms with Gasteiger partial charge in [0.2, 0.25) is 5.91 Å². The van der Waals surface area contributed by atoms with Gasteiger partial charge in [0.25, 0.3) is 0 Å². The molecule has 0 radical (unpaired) electrons. The number of pyridine rings is 1. The van der Waals surface area contributed by atoms with Gasteiger partial charge in [0.05, 0.1) is 10.6 Å². The van der Waals surface area contributed by atoms with E-state index in [1.165, 1.54) is 12.8 Å². The summed E-state index contributed by atoms with van der Waals surface area (Å²) in [5.41, 5.74) is -0.856. The number of hydrogen-bond donors (Lipinski definition) is 0. The number of hydrogen-bond acceptors (Lipinski definition) is 4. The quantitative estimate of drug-likeness (QED) is 0.733. The Kier molecular flexibility index (Phi) is 6.70. The van der Waals surface area contributed by atoms with Gasteiger partial charge in [0, 0.05) is 45.3 Å². The average molecular weight is 419 g/mol. The standard InChI is InChI=1S/C19H26ClF3N4O/c1-25(10-11-26-6-2-3-7-26)18(28)14-4-8-27(9-5-14)17-16(20)12-15(13-24-17)19(21,22)23/h12-14H,2-11H2,1H3.